The highest BCUT2D eigenvalue weighted by Gasteiger charge is 2.15. The summed E-state index contributed by atoms with van der Waals surface area (Å²) in [6.45, 7) is 0.188. The molecule has 24 heavy (non-hydrogen) atoms. The molecular formula is C14H13N7O2S. The van der Waals surface area contributed by atoms with Gasteiger partial charge in [0.25, 0.3) is 5.56 Å². The minimum Gasteiger partial charge on any atom is -0.363 e. The Morgan fingerprint density at radius 1 is 1.38 bits per heavy atom. The summed E-state index contributed by atoms with van der Waals surface area (Å²) in [5.41, 5.74) is -1.28. The molecule has 0 fully saturated rings. The van der Waals surface area contributed by atoms with Crippen molar-refractivity contribution in [2.75, 3.05) is 5.32 Å². The fourth-order valence-corrected chi connectivity index (χ4v) is 2.87. The average Bonchev–Trinajstić information content (AvgIpc) is 3.25. The van der Waals surface area contributed by atoms with E-state index in [4.69, 9.17) is 0 Å². The van der Waals surface area contributed by atoms with E-state index in [0.717, 1.165) is 9.44 Å². The summed E-state index contributed by atoms with van der Waals surface area (Å²) in [6.07, 6.45) is 0. The molecule has 3 heterocycles. The number of nitrogens with one attached hydrogen (secondary N) is 2. The van der Waals surface area contributed by atoms with Gasteiger partial charge in [0.05, 0.1) is 11.4 Å². The summed E-state index contributed by atoms with van der Waals surface area (Å²) < 4.78 is 2.11. The van der Waals surface area contributed by atoms with E-state index in [0.29, 0.717) is 11.6 Å². The molecule has 0 unspecified atom stereocenters. The number of rotatable bonds is 4. The van der Waals surface area contributed by atoms with Crippen LogP contribution in [0.2, 0.25) is 0 Å². The molecule has 3 aromatic rings. The third-order valence-electron chi connectivity index (χ3n) is 3.47. The van der Waals surface area contributed by atoms with Gasteiger partial charge in [0, 0.05) is 14.1 Å². The lowest BCUT2D eigenvalue weighted by atomic mass is 10.3. The second-order valence-electron chi connectivity index (χ2n) is 4.98. The molecule has 3 rings (SSSR count). The molecule has 0 radical (unpaired) electrons. The third-order valence-corrected chi connectivity index (χ3v) is 4.34. The van der Waals surface area contributed by atoms with Gasteiger partial charge < -0.3 is 5.32 Å². The van der Waals surface area contributed by atoms with Crippen molar-refractivity contribution in [1.29, 1.82) is 5.26 Å². The summed E-state index contributed by atoms with van der Waals surface area (Å²) in [4.78, 5) is 29.3. The standard InChI is InChI=1S/C14H13N7O2S/c1-20-12(8(6-15)13(22)21(2)14(20)23)16-7-10-17-11(19-18-10)9-4-3-5-24-9/h3-5,16H,7H2,1-2H3,(H,17,18,19). The molecule has 0 aliphatic rings. The Kier molecular flexibility index (Phi) is 4.01. The predicted octanol–water partition coefficient (Wildman–Crippen LogP) is 0.414. The van der Waals surface area contributed by atoms with Gasteiger partial charge in [-0.3, -0.25) is 19.0 Å². The number of aromatic nitrogens is 5. The van der Waals surface area contributed by atoms with E-state index in [9.17, 15) is 14.9 Å². The molecule has 0 aliphatic carbocycles. The van der Waals surface area contributed by atoms with Gasteiger partial charge in [0.15, 0.2) is 11.4 Å². The first-order chi connectivity index (χ1) is 11.5. The fourth-order valence-electron chi connectivity index (χ4n) is 2.21. The van der Waals surface area contributed by atoms with E-state index in [1.807, 2.05) is 23.6 Å². The number of anilines is 1. The molecule has 2 N–H and O–H groups in total. The van der Waals surface area contributed by atoms with Gasteiger partial charge in [-0.05, 0) is 11.4 Å². The molecule has 0 saturated carbocycles. The number of hydrogen-bond acceptors (Lipinski definition) is 7. The maximum Gasteiger partial charge on any atom is 0.332 e. The molecule has 0 bridgehead atoms. The minimum atomic E-state index is -0.639. The maximum absolute atomic E-state index is 12.0. The van der Waals surface area contributed by atoms with Gasteiger partial charge in [-0.15, -0.1) is 11.3 Å². The topological polar surface area (TPSA) is 121 Å². The first-order valence-corrected chi connectivity index (χ1v) is 7.80. The van der Waals surface area contributed by atoms with Gasteiger partial charge in [-0.2, -0.15) is 10.4 Å². The van der Waals surface area contributed by atoms with Crippen LogP contribution in [-0.2, 0) is 20.6 Å². The van der Waals surface area contributed by atoms with Crippen molar-refractivity contribution in [2.24, 2.45) is 14.1 Å². The highest BCUT2D eigenvalue weighted by Crippen LogP contribution is 2.20. The third kappa shape index (κ3) is 2.61. The van der Waals surface area contributed by atoms with Crippen LogP contribution in [0.1, 0.15) is 11.4 Å². The van der Waals surface area contributed by atoms with Crippen molar-refractivity contribution in [2.45, 2.75) is 6.54 Å². The maximum atomic E-state index is 12.0. The Balaban J connectivity index is 1.89. The van der Waals surface area contributed by atoms with Crippen LogP contribution >= 0.6 is 11.3 Å². The Bertz CT molecular complexity index is 1040. The van der Waals surface area contributed by atoms with Crippen LogP contribution in [0.5, 0.6) is 0 Å². The molecule has 0 aliphatic heterocycles. The van der Waals surface area contributed by atoms with Crippen LogP contribution in [0.4, 0.5) is 5.82 Å². The van der Waals surface area contributed by atoms with Crippen LogP contribution in [0.25, 0.3) is 10.7 Å². The van der Waals surface area contributed by atoms with Crippen molar-refractivity contribution < 1.29 is 0 Å². The number of aromatic amines is 1. The van der Waals surface area contributed by atoms with Gasteiger partial charge >= 0.3 is 5.69 Å². The molecule has 9 nitrogen and oxygen atoms in total. The van der Waals surface area contributed by atoms with Gasteiger partial charge in [-0.25, -0.2) is 9.78 Å². The Morgan fingerprint density at radius 2 is 2.17 bits per heavy atom. The fraction of sp³-hybridized carbons (Fsp3) is 0.214. The SMILES string of the molecule is Cn1c(NCc2nc(-c3cccs3)n[nH]2)c(C#N)c(=O)n(C)c1=O. The Morgan fingerprint density at radius 3 is 2.83 bits per heavy atom. The van der Waals surface area contributed by atoms with Crippen LogP contribution in [0.3, 0.4) is 0 Å². The van der Waals surface area contributed by atoms with E-state index in [1.165, 1.54) is 30.0 Å². The van der Waals surface area contributed by atoms with Crippen LogP contribution in [-0.4, -0.2) is 24.3 Å². The second kappa shape index (κ2) is 6.13. The summed E-state index contributed by atoms with van der Waals surface area (Å²) >= 11 is 1.52. The number of nitrogens with zero attached hydrogens (tertiary/aromatic N) is 5. The molecule has 0 saturated heterocycles. The van der Waals surface area contributed by atoms with E-state index in [2.05, 4.69) is 20.5 Å². The van der Waals surface area contributed by atoms with Crippen molar-refractivity contribution in [3.63, 3.8) is 0 Å². The van der Waals surface area contributed by atoms with Gasteiger partial charge in [0.2, 0.25) is 0 Å². The van der Waals surface area contributed by atoms with Crippen LogP contribution in [0.15, 0.2) is 27.1 Å². The lowest BCUT2D eigenvalue weighted by Crippen LogP contribution is -2.39. The predicted molar refractivity (Wildman–Crippen MR) is 88.7 cm³/mol. The van der Waals surface area contributed by atoms with Crippen LogP contribution < -0.4 is 16.6 Å². The molecule has 0 amide bonds. The zero-order chi connectivity index (χ0) is 17.3. The van der Waals surface area contributed by atoms with Crippen molar-refractivity contribution in [3.05, 3.63) is 49.7 Å². The Hall–Kier alpha value is -3.19. The monoisotopic (exact) mass is 343 g/mol. The summed E-state index contributed by atoms with van der Waals surface area (Å²) in [5.74, 6) is 1.25. The first kappa shape index (κ1) is 15.7. The molecule has 122 valence electrons. The normalized spacial score (nSPS) is 10.5. The highest BCUT2D eigenvalue weighted by molar-refractivity contribution is 7.13. The number of H-pyrrole nitrogens is 1. The lowest BCUT2D eigenvalue weighted by molar-refractivity contribution is 0.684. The Labute approximate surface area is 139 Å². The molecule has 0 atom stereocenters. The number of nitriles is 1. The minimum absolute atomic E-state index is 0.127. The summed E-state index contributed by atoms with van der Waals surface area (Å²) in [5, 5.41) is 21.0. The molecule has 10 heteroatoms. The van der Waals surface area contributed by atoms with Crippen molar-refractivity contribution in [3.8, 4) is 16.8 Å². The smallest absolute Gasteiger partial charge is 0.332 e. The molecular weight excluding hydrogens is 330 g/mol. The largest absolute Gasteiger partial charge is 0.363 e. The quantitative estimate of drug-likeness (QED) is 0.708. The molecule has 0 spiro atoms. The molecule has 0 aromatic carbocycles. The second-order valence-corrected chi connectivity index (χ2v) is 5.93. The van der Waals surface area contributed by atoms with E-state index >= 15 is 0 Å². The molecule has 3 aromatic heterocycles. The average molecular weight is 343 g/mol. The van der Waals surface area contributed by atoms with Crippen molar-refractivity contribution >= 4 is 17.2 Å². The van der Waals surface area contributed by atoms with Crippen molar-refractivity contribution in [1.82, 2.24) is 24.3 Å². The first-order valence-electron chi connectivity index (χ1n) is 6.92. The number of thiophene rings is 1. The van der Waals surface area contributed by atoms with E-state index in [-0.39, 0.29) is 17.9 Å². The van der Waals surface area contributed by atoms with E-state index < -0.39 is 11.2 Å². The van der Waals surface area contributed by atoms with E-state index in [1.54, 1.807) is 0 Å². The zero-order valence-corrected chi connectivity index (χ0v) is 13.7. The van der Waals surface area contributed by atoms with Gasteiger partial charge in [-0.1, -0.05) is 6.07 Å². The summed E-state index contributed by atoms with van der Waals surface area (Å²) in [6, 6.07) is 5.65. The van der Waals surface area contributed by atoms with Crippen LogP contribution in [0, 0.1) is 11.3 Å². The lowest BCUT2D eigenvalue weighted by Gasteiger charge is -2.12. The zero-order valence-electron chi connectivity index (χ0n) is 12.9. The number of hydrogen-bond donors (Lipinski definition) is 2. The van der Waals surface area contributed by atoms with Gasteiger partial charge in [0.1, 0.15) is 17.7 Å². The summed E-state index contributed by atoms with van der Waals surface area (Å²) in [7, 11) is 2.82. The highest BCUT2D eigenvalue weighted by atomic mass is 32.1.